The molecule has 0 saturated heterocycles. The van der Waals surface area contributed by atoms with Gasteiger partial charge in [-0.15, -0.1) is 0 Å². The summed E-state index contributed by atoms with van der Waals surface area (Å²) in [6, 6.07) is 12.4. The van der Waals surface area contributed by atoms with Crippen LogP contribution in [0.2, 0.25) is 0 Å². The molecule has 2 atom stereocenters. The lowest BCUT2D eigenvalue weighted by Crippen LogP contribution is -2.36. The number of amides is 1. The number of benzene rings is 2. The molecule has 2 N–H and O–H groups in total. The molecule has 1 aromatic heterocycles. The monoisotopic (exact) mass is 405 g/mol. The summed E-state index contributed by atoms with van der Waals surface area (Å²) in [6.07, 6.45) is -0.136. The molecule has 158 valence electrons. The third kappa shape index (κ3) is 4.34. The Bertz CT molecular complexity index is 1020. The van der Waals surface area contributed by atoms with E-state index in [1.54, 1.807) is 13.0 Å². The predicted octanol–water partition coefficient (Wildman–Crippen LogP) is 5.26. The molecule has 30 heavy (non-hydrogen) atoms. The zero-order chi connectivity index (χ0) is 22.0. The van der Waals surface area contributed by atoms with E-state index in [0.717, 1.165) is 11.3 Å². The van der Waals surface area contributed by atoms with Crippen LogP contribution in [0.1, 0.15) is 68.3 Å². The SMILES string of the molecule is Cc1c(C)c(C)c(Cc2ccc(C(=O)N[C@@H](C)[C@H](O)c3ccccc3)o2)c(C)c1C. The number of nitrogens with one attached hydrogen (secondary N) is 1. The number of furan rings is 1. The normalized spacial score (nSPS) is 13.2. The molecule has 0 spiro atoms. The van der Waals surface area contributed by atoms with Crippen molar-refractivity contribution in [3.63, 3.8) is 0 Å². The first-order valence-electron chi connectivity index (χ1n) is 10.4. The van der Waals surface area contributed by atoms with Crippen LogP contribution in [-0.2, 0) is 6.42 Å². The van der Waals surface area contributed by atoms with Gasteiger partial charge in [-0.05, 0) is 92.6 Å². The third-order valence-electron chi connectivity index (χ3n) is 6.37. The highest BCUT2D eigenvalue weighted by molar-refractivity contribution is 5.91. The van der Waals surface area contributed by atoms with Gasteiger partial charge in [0.15, 0.2) is 5.76 Å². The highest BCUT2D eigenvalue weighted by Gasteiger charge is 2.21. The van der Waals surface area contributed by atoms with E-state index < -0.39 is 12.1 Å². The molecule has 4 heteroatoms. The van der Waals surface area contributed by atoms with Crippen LogP contribution in [0.15, 0.2) is 46.9 Å². The minimum Gasteiger partial charge on any atom is -0.456 e. The molecule has 1 amide bonds. The summed E-state index contributed by atoms with van der Waals surface area (Å²) in [5.74, 6) is 0.687. The van der Waals surface area contributed by atoms with Crippen molar-refractivity contribution >= 4 is 5.91 Å². The molecule has 1 heterocycles. The summed E-state index contributed by atoms with van der Waals surface area (Å²) >= 11 is 0. The van der Waals surface area contributed by atoms with Gasteiger partial charge < -0.3 is 14.8 Å². The molecule has 4 nitrogen and oxygen atoms in total. The largest absolute Gasteiger partial charge is 0.456 e. The lowest BCUT2D eigenvalue weighted by molar-refractivity contribution is 0.0824. The maximum absolute atomic E-state index is 12.6. The van der Waals surface area contributed by atoms with Gasteiger partial charge in [0.05, 0.1) is 12.1 Å². The average Bonchev–Trinajstić information content (AvgIpc) is 3.23. The van der Waals surface area contributed by atoms with Crippen molar-refractivity contribution in [2.75, 3.05) is 0 Å². The standard InChI is InChI=1S/C26H31NO3/c1-15-16(2)18(4)23(19(5)17(15)3)14-22-12-13-24(30-22)26(29)27-20(6)25(28)21-10-8-7-9-11-21/h7-13,20,25,28H,14H2,1-6H3,(H,27,29)/t20-,25-/m0/s1. The molecule has 0 aliphatic carbocycles. The third-order valence-corrected chi connectivity index (χ3v) is 6.37. The molecule has 0 unspecified atom stereocenters. The van der Waals surface area contributed by atoms with E-state index >= 15 is 0 Å². The Morgan fingerprint density at radius 1 is 0.900 bits per heavy atom. The predicted molar refractivity (Wildman–Crippen MR) is 120 cm³/mol. The van der Waals surface area contributed by atoms with Gasteiger partial charge in [0.1, 0.15) is 5.76 Å². The van der Waals surface area contributed by atoms with Gasteiger partial charge in [-0.1, -0.05) is 30.3 Å². The van der Waals surface area contributed by atoms with Crippen LogP contribution in [0.4, 0.5) is 0 Å². The second-order valence-electron chi connectivity index (χ2n) is 8.16. The highest BCUT2D eigenvalue weighted by atomic mass is 16.4. The quantitative estimate of drug-likeness (QED) is 0.588. The Kier molecular flexibility index (Phi) is 6.47. The topological polar surface area (TPSA) is 62.5 Å². The molecule has 0 aliphatic heterocycles. The highest BCUT2D eigenvalue weighted by Crippen LogP contribution is 2.28. The summed E-state index contributed by atoms with van der Waals surface area (Å²) in [5, 5.41) is 13.3. The minimum absolute atomic E-state index is 0.257. The number of carbonyl (C=O) groups excluding carboxylic acids is 1. The van der Waals surface area contributed by atoms with Crippen molar-refractivity contribution < 1.29 is 14.3 Å². The first-order valence-corrected chi connectivity index (χ1v) is 10.4. The number of hydrogen-bond acceptors (Lipinski definition) is 3. The molecule has 0 fully saturated rings. The zero-order valence-electron chi connectivity index (χ0n) is 18.7. The summed E-state index contributed by atoms with van der Waals surface area (Å²) in [5.41, 5.74) is 8.52. The van der Waals surface area contributed by atoms with Crippen molar-refractivity contribution in [1.82, 2.24) is 5.32 Å². The summed E-state index contributed by atoms with van der Waals surface area (Å²) < 4.78 is 5.86. The molecular weight excluding hydrogens is 374 g/mol. The number of carbonyl (C=O) groups is 1. The fourth-order valence-corrected chi connectivity index (χ4v) is 3.91. The van der Waals surface area contributed by atoms with Gasteiger partial charge in [-0.2, -0.15) is 0 Å². The van der Waals surface area contributed by atoms with Gasteiger partial charge in [0.25, 0.3) is 5.91 Å². The molecule has 0 radical (unpaired) electrons. The Morgan fingerprint density at radius 2 is 1.47 bits per heavy atom. The minimum atomic E-state index is -0.784. The molecule has 2 aromatic carbocycles. The first kappa shape index (κ1) is 21.8. The van der Waals surface area contributed by atoms with Crippen molar-refractivity contribution in [2.24, 2.45) is 0 Å². The second kappa shape index (κ2) is 8.88. The van der Waals surface area contributed by atoms with Crippen LogP contribution < -0.4 is 5.32 Å². The van der Waals surface area contributed by atoms with E-state index in [1.165, 1.54) is 33.4 Å². The van der Waals surface area contributed by atoms with Gasteiger partial charge >= 0.3 is 0 Å². The lowest BCUT2D eigenvalue weighted by Gasteiger charge is -2.20. The second-order valence-corrected chi connectivity index (χ2v) is 8.16. The van der Waals surface area contributed by atoms with Crippen molar-refractivity contribution in [2.45, 2.75) is 60.1 Å². The van der Waals surface area contributed by atoms with Crippen molar-refractivity contribution in [3.8, 4) is 0 Å². The van der Waals surface area contributed by atoms with E-state index in [1.807, 2.05) is 36.4 Å². The van der Waals surface area contributed by atoms with E-state index in [2.05, 4.69) is 39.9 Å². The van der Waals surface area contributed by atoms with Gasteiger partial charge in [0, 0.05) is 6.42 Å². The Hall–Kier alpha value is -2.85. The summed E-state index contributed by atoms with van der Waals surface area (Å²) in [4.78, 5) is 12.6. The van der Waals surface area contributed by atoms with Gasteiger partial charge in [-0.3, -0.25) is 4.79 Å². The van der Waals surface area contributed by atoms with E-state index in [4.69, 9.17) is 4.42 Å². The van der Waals surface area contributed by atoms with Crippen LogP contribution in [0, 0.1) is 34.6 Å². The number of aliphatic hydroxyl groups is 1. The van der Waals surface area contributed by atoms with E-state index in [0.29, 0.717) is 6.42 Å². The molecular formula is C26H31NO3. The van der Waals surface area contributed by atoms with E-state index in [9.17, 15) is 9.90 Å². The maximum atomic E-state index is 12.6. The summed E-state index contributed by atoms with van der Waals surface area (Å²) in [7, 11) is 0. The van der Waals surface area contributed by atoms with Crippen molar-refractivity contribution in [1.29, 1.82) is 0 Å². The number of aliphatic hydroxyl groups excluding tert-OH is 1. The zero-order valence-corrected chi connectivity index (χ0v) is 18.7. The van der Waals surface area contributed by atoms with Crippen LogP contribution in [0.5, 0.6) is 0 Å². The van der Waals surface area contributed by atoms with Crippen LogP contribution >= 0.6 is 0 Å². The first-order chi connectivity index (χ1) is 14.2. The van der Waals surface area contributed by atoms with E-state index in [-0.39, 0.29) is 11.7 Å². The molecule has 0 aliphatic rings. The number of rotatable bonds is 6. The average molecular weight is 406 g/mol. The molecule has 0 saturated carbocycles. The fourth-order valence-electron chi connectivity index (χ4n) is 3.91. The molecule has 3 rings (SSSR count). The van der Waals surface area contributed by atoms with Crippen LogP contribution in [0.3, 0.4) is 0 Å². The Balaban J connectivity index is 1.73. The van der Waals surface area contributed by atoms with Gasteiger partial charge in [-0.25, -0.2) is 0 Å². The summed E-state index contributed by atoms with van der Waals surface area (Å²) in [6.45, 7) is 12.5. The van der Waals surface area contributed by atoms with Crippen molar-refractivity contribution in [3.05, 3.63) is 92.9 Å². The Labute approximate surface area is 178 Å². The van der Waals surface area contributed by atoms with Crippen LogP contribution in [-0.4, -0.2) is 17.1 Å². The maximum Gasteiger partial charge on any atom is 0.287 e. The smallest absolute Gasteiger partial charge is 0.287 e. The van der Waals surface area contributed by atoms with Crippen LogP contribution in [0.25, 0.3) is 0 Å². The fraction of sp³-hybridized carbons (Fsp3) is 0.346. The number of hydrogen-bond donors (Lipinski definition) is 2. The Morgan fingerprint density at radius 3 is 2.07 bits per heavy atom. The molecule has 3 aromatic rings. The lowest BCUT2D eigenvalue weighted by atomic mass is 9.88. The molecule has 0 bridgehead atoms. The van der Waals surface area contributed by atoms with Gasteiger partial charge in [0.2, 0.25) is 0 Å².